The molecule has 0 bridgehead atoms. The van der Waals surface area contributed by atoms with Gasteiger partial charge in [-0.2, -0.15) is 0 Å². The maximum Gasteiger partial charge on any atom is 0.408 e. The van der Waals surface area contributed by atoms with Gasteiger partial charge in [0.25, 0.3) is 5.91 Å². The largest absolute Gasteiger partial charge is 0.444 e. The van der Waals surface area contributed by atoms with Gasteiger partial charge in [0.15, 0.2) is 0 Å². The third kappa shape index (κ3) is 8.50. The second-order valence-corrected chi connectivity index (χ2v) is 14.6. The van der Waals surface area contributed by atoms with Gasteiger partial charge in [-0.1, -0.05) is 54.8 Å². The van der Waals surface area contributed by atoms with Gasteiger partial charge in [0.2, 0.25) is 21.8 Å². The fraction of sp³-hybridized carbons (Fsp3) is 0.600. The fourth-order valence-corrected chi connectivity index (χ4v) is 7.11. The molecule has 43 heavy (non-hydrogen) atoms. The molecular weight excluding hydrogens is 596 g/mol. The van der Waals surface area contributed by atoms with Crippen molar-refractivity contribution in [3.8, 4) is 0 Å². The van der Waals surface area contributed by atoms with Gasteiger partial charge in [0.1, 0.15) is 23.2 Å². The molecule has 1 aromatic rings. The molecule has 0 aromatic heterocycles. The van der Waals surface area contributed by atoms with Crippen molar-refractivity contribution in [2.45, 2.75) is 101 Å². The van der Waals surface area contributed by atoms with Crippen LogP contribution >= 0.6 is 11.6 Å². The Hall–Kier alpha value is -3.12. The molecule has 0 spiro atoms. The van der Waals surface area contributed by atoms with E-state index < -0.39 is 62.8 Å². The highest BCUT2D eigenvalue weighted by atomic mass is 35.5. The first kappa shape index (κ1) is 32.8. The molecule has 4 rings (SSSR count). The number of fused-ring (bicyclic) bond motifs is 2. The van der Waals surface area contributed by atoms with Gasteiger partial charge in [-0.25, -0.2) is 13.2 Å². The predicted molar refractivity (Wildman–Crippen MR) is 161 cm³/mol. The number of hydrogen-bond acceptors (Lipinski definition) is 7. The monoisotopic (exact) mass is 636 g/mol. The second kappa shape index (κ2) is 13.3. The number of nitrogens with one attached hydrogen (secondary N) is 3. The highest BCUT2D eigenvalue weighted by Crippen LogP contribution is 2.45. The minimum absolute atomic E-state index is 0.228. The van der Waals surface area contributed by atoms with Gasteiger partial charge in [-0.05, 0) is 70.9 Å². The predicted octanol–water partition coefficient (Wildman–Crippen LogP) is 3.57. The molecule has 3 N–H and O–H groups in total. The summed E-state index contributed by atoms with van der Waals surface area (Å²) in [5, 5.41) is 5.78. The van der Waals surface area contributed by atoms with E-state index in [0.29, 0.717) is 44.2 Å². The van der Waals surface area contributed by atoms with Crippen molar-refractivity contribution in [1.29, 1.82) is 0 Å². The van der Waals surface area contributed by atoms with E-state index in [4.69, 9.17) is 16.3 Å². The molecule has 4 amide bonds. The van der Waals surface area contributed by atoms with Crippen LogP contribution in [0.4, 0.5) is 4.79 Å². The number of allylic oxidation sites excluding steroid dienone is 1. The quantitative estimate of drug-likeness (QED) is 0.418. The molecule has 0 radical (unpaired) electrons. The van der Waals surface area contributed by atoms with Crippen LogP contribution in [-0.4, -0.2) is 66.9 Å². The number of rotatable bonds is 5. The molecule has 2 heterocycles. The maximum absolute atomic E-state index is 13.7. The summed E-state index contributed by atoms with van der Waals surface area (Å²) >= 11 is 6.13. The van der Waals surface area contributed by atoms with E-state index in [-0.39, 0.29) is 17.4 Å². The van der Waals surface area contributed by atoms with Gasteiger partial charge in [0, 0.05) is 17.5 Å². The van der Waals surface area contributed by atoms with Gasteiger partial charge >= 0.3 is 6.09 Å². The molecule has 2 aliphatic heterocycles. The lowest BCUT2D eigenvalue weighted by Gasteiger charge is -2.30. The molecule has 1 aromatic carbocycles. The molecule has 1 saturated carbocycles. The Labute approximate surface area is 258 Å². The normalized spacial score (nSPS) is 27.4. The molecule has 4 atom stereocenters. The first-order valence-electron chi connectivity index (χ1n) is 14.8. The van der Waals surface area contributed by atoms with Crippen LogP contribution in [-0.2, 0) is 34.9 Å². The zero-order chi connectivity index (χ0) is 31.4. The standard InChI is InChI=1S/C30H41ClN4O7S/c1-29(2,3)42-28(39)32-23-15-8-6-4-5-7-13-21-18-30(21,33-25(36)24-16-11-17-35(24)26(23)37)27(38)34-43(40,41)19-20-12-9-10-14-22(20)31/h7,9-10,12-14,21,23-24H,4-6,8,11,15-19H2,1-3H3,(H,32,39)(H,33,36)(H,34,38)/b13-7-/t21-,23-,24-,30+/m0/s1. The van der Waals surface area contributed by atoms with Crippen molar-refractivity contribution in [3.05, 3.63) is 47.0 Å². The number of nitrogens with zero attached hydrogens (tertiary/aromatic N) is 1. The second-order valence-electron chi connectivity index (χ2n) is 12.5. The number of carbonyl (C=O) groups is 4. The molecular formula is C30H41ClN4O7S. The SMILES string of the molecule is CC(C)(C)OC(=O)N[C@H]1CCCCC/C=C\[C@H]2C[C@@]2(C(=O)NS(=O)(=O)Cc2ccccc2Cl)NC(=O)[C@@H]2CCCN2C1=O. The third-order valence-corrected chi connectivity index (χ3v) is 9.43. The van der Waals surface area contributed by atoms with E-state index >= 15 is 0 Å². The van der Waals surface area contributed by atoms with E-state index in [9.17, 15) is 27.6 Å². The summed E-state index contributed by atoms with van der Waals surface area (Å²) in [7, 11) is -4.13. The summed E-state index contributed by atoms with van der Waals surface area (Å²) in [6.07, 6.45) is 7.67. The third-order valence-electron chi connectivity index (χ3n) is 7.88. The van der Waals surface area contributed by atoms with Crippen molar-refractivity contribution in [1.82, 2.24) is 20.3 Å². The molecule has 11 nitrogen and oxygen atoms in total. The Morgan fingerprint density at radius 2 is 1.86 bits per heavy atom. The zero-order valence-corrected chi connectivity index (χ0v) is 26.4. The van der Waals surface area contributed by atoms with Gasteiger partial charge in [-0.3, -0.25) is 19.1 Å². The summed E-state index contributed by atoms with van der Waals surface area (Å²) < 4.78 is 33.5. The van der Waals surface area contributed by atoms with Crippen molar-refractivity contribution in [2.24, 2.45) is 5.92 Å². The van der Waals surface area contributed by atoms with E-state index in [2.05, 4.69) is 15.4 Å². The van der Waals surface area contributed by atoms with Gasteiger partial charge in [0.05, 0.1) is 5.75 Å². The van der Waals surface area contributed by atoms with Crippen molar-refractivity contribution >= 4 is 45.4 Å². The van der Waals surface area contributed by atoms with E-state index in [1.165, 1.54) is 4.90 Å². The Morgan fingerprint density at radius 1 is 1.12 bits per heavy atom. The van der Waals surface area contributed by atoms with Crippen LogP contribution in [0, 0.1) is 5.92 Å². The Bertz CT molecular complexity index is 1380. The first-order chi connectivity index (χ1) is 20.2. The number of carbonyl (C=O) groups excluding carboxylic acids is 4. The Kier molecular flexibility index (Phi) is 10.1. The number of ether oxygens (including phenoxy) is 1. The first-order valence-corrected chi connectivity index (χ1v) is 16.8. The van der Waals surface area contributed by atoms with Crippen LogP contribution in [0.5, 0.6) is 0 Å². The minimum atomic E-state index is -4.13. The molecule has 1 aliphatic carbocycles. The number of sulfonamides is 1. The average molecular weight is 637 g/mol. The van der Waals surface area contributed by atoms with Gasteiger partial charge < -0.3 is 20.3 Å². The summed E-state index contributed by atoms with van der Waals surface area (Å²) in [6.45, 7) is 5.52. The van der Waals surface area contributed by atoms with Crippen molar-refractivity contribution in [2.75, 3.05) is 6.54 Å². The zero-order valence-electron chi connectivity index (χ0n) is 24.9. The molecule has 3 aliphatic rings. The van der Waals surface area contributed by atoms with Crippen LogP contribution in [0.1, 0.15) is 77.7 Å². The lowest BCUT2D eigenvalue weighted by atomic mass is 10.0. The van der Waals surface area contributed by atoms with Crippen LogP contribution in [0.3, 0.4) is 0 Å². The van der Waals surface area contributed by atoms with E-state index in [1.54, 1.807) is 45.0 Å². The van der Waals surface area contributed by atoms with Crippen LogP contribution in [0.25, 0.3) is 0 Å². The summed E-state index contributed by atoms with van der Waals surface area (Å²) in [4.78, 5) is 54.9. The number of hydrogen-bond donors (Lipinski definition) is 3. The average Bonchev–Trinajstić information content (AvgIpc) is 3.36. The molecule has 236 valence electrons. The molecule has 0 unspecified atom stereocenters. The maximum atomic E-state index is 13.7. The van der Waals surface area contributed by atoms with E-state index in [1.807, 2.05) is 12.2 Å². The minimum Gasteiger partial charge on any atom is -0.444 e. The van der Waals surface area contributed by atoms with Crippen molar-refractivity contribution < 1.29 is 32.3 Å². The smallest absolute Gasteiger partial charge is 0.408 e. The summed E-state index contributed by atoms with van der Waals surface area (Å²) in [5.41, 5.74) is -1.87. The van der Waals surface area contributed by atoms with Crippen LogP contribution < -0.4 is 15.4 Å². The summed E-state index contributed by atoms with van der Waals surface area (Å²) in [6, 6.07) is 4.73. The molecule has 13 heteroatoms. The number of halogens is 1. The summed E-state index contributed by atoms with van der Waals surface area (Å²) in [5.74, 6) is -2.65. The Morgan fingerprint density at radius 3 is 2.58 bits per heavy atom. The van der Waals surface area contributed by atoms with Crippen molar-refractivity contribution in [3.63, 3.8) is 0 Å². The number of alkyl carbamates (subject to hydrolysis) is 1. The highest BCUT2D eigenvalue weighted by Gasteiger charge is 2.61. The topological polar surface area (TPSA) is 151 Å². The molecule has 1 saturated heterocycles. The lowest BCUT2D eigenvalue weighted by molar-refractivity contribution is -0.141. The van der Waals surface area contributed by atoms with E-state index in [0.717, 1.165) is 12.8 Å². The number of amides is 4. The molecule has 2 fully saturated rings. The Balaban J connectivity index is 1.54. The lowest BCUT2D eigenvalue weighted by Crippen LogP contribution is -2.58. The highest BCUT2D eigenvalue weighted by molar-refractivity contribution is 7.89. The van der Waals surface area contributed by atoms with Crippen LogP contribution in [0.15, 0.2) is 36.4 Å². The van der Waals surface area contributed by atoms with Gasteiger partial charge in [-0.15, -0.1) is 0 Å². The number of benzene rings is 1. The fourth-order valence-electron chi connectivity index (χ4n) is 5.63. The van der Waals surface area contributed by atoms with Crippen LogP contribution in [0.2, 0.25) is 5.02 Å².